The summed E-state index contributed by atoms with van der Waals surface area (Å²) in [5.41, 5.74) is 3.60. The Labute approximate surface area is 142 Å². The zero-order valence-corrected chi connectivity index (χ0v) is 14.3. The second kappa shape index (κ2) is 6.48. The molecular weight excluding hydrogens is 300 g/mol. The van der Waals surface area contributed by atoms with E-state index >= 15 is 0 Å². The predicted octanol–water partition coefficient (Wildman–Crippen LogP) is 3.18. The summed E-state index contributed by atoms with van der Waals surface area (Å²) in [6.45, 7) is 6.78. The molecule has 1 aliphatic rings. The number of amides is 2. The normalized spacial score (nSPS) is 18.0. The first-order valence-corrected chi connectivity index (χ1v) is 8.24. The number of aryl methyl sites for hydroxylation is 2. The molecule has 0 radical (unpaired) electrons. The molecule has 1 unspecified atom stereocenters. The fraction of sp³-hybridized carbons (Fsp3) is 0.300. The van der Waals surface area contributed by atoms with Crippen LogP contribution < -0.4 is 4.90 Å². The maximum atomic E-state index is 12.8. The molecule has 0 N–H and O–H groups in total. The van der Waals surface area contributed by atoms with E-state index in [9.17, 15) is 9.59 Å². The monoisotopic (exact) mass is 322 g/mol. The maximum Gasteiger partial charge on any atom is 0.254 e. The van der Waals surface area contributed by atoms with Crippen molar-refractivity contribution < 1.29 is 9.59 Å². The van der Waals surface area contributed by atoms with Gasteiger partial charge in [0.25, 0.3) is 5.91 Å². The molecule has 2 aromatic carbocycles. The van der Waals surface area contributed by atoms with E-state index in [1.54, 1.807) is 9.80 Å². The summed E-state index contributed by atoms with van der Waals surface area (Å²) in [6.07, 6.45) is 0. The largest absolute Gasteiger partial charge is 0.325 e. The van der Waals surface area contributed by atoms with E-state index < -0.39 is 6.04 Å². The van der Waals surface area contributed by atoms with Crippen molar-refractivity contribution in [2.24, 2.45) is 0 Å². The Morgan fingerprint density at radius 2 is 1.58 bits per heavy atom. The van der Waals surface area contributed by atoms with Gasteiger partial charge in [0.2, 0.25) is 5.91 Å². The van der Waals surface area contributed by atoms with Gasteiger partial charge in [-0.15, -0.1) is 0 Å². The van der Waals surface area contributed by atoms with Gasteiger partial charge >= 0.3 is 0 Å². The third-order valence-corrected chi connectivity index (χ3v) is 4.70. The molecule has 0 aromatic heterocycles. The molecule has 0 saturated carbocycles. The van der Waals surface area contributed by atoms with Crippen LogP contribution in [0.3, 0.4) is 0 Å². The molecule has 1 atom stereocenters. The first-order chi connectivity index (χ1) is 11.5. The summed E-state index contributed by atoms with van der Waals surface area (Å²) >= 11 is 0. The number of piperazine rings is 1. The zero-order valence-electron chi connectivity index (χ0n) is 14.3. The lowest BCUT2D eigenvalue weighted by Gasteiger charge is -2.39. The van der Waals surface area contributed by atoms with Crippen molar-refractivity contribution >= 4 is 17.5 Å². The highest BCUT2D eigenvalue weighted by Gasteiger charge is 2.35. The predicted molar refractivity (Wildman–Crippen MR) is 95.2 cm³/mol. The Morgan fingerprint density at radius 3 is 2.25 bits per heavy atom. The van der Waals surface area contributed by atoms with Crippen molar-refractivity contribution in [1.29, 1.82) is 0 Å². The number of nitrogens with zero attached hydrogens (tertiary/aromatic N) is 2. The number of rotatable bonds is 2. The Morgan fingerprint density at radius 1 is 0.958 bits per heavy atom. The molecular formula is C20H22N2O2. The highest BCUT2D eigenvalue weighted by Crippen LogP contribution is 2.25. The number of anilines is 1. The highest BCUT2D eigenvalue weighted by atomic mass is 16.2. The van der Waals surface area contributed by atoms with Crippen molar-refractivity contribution in [1.82, 2.24) is 4.90 Å². The minimum atomic E-state index is -0.467. The Bertz CT molecular complexity index is 785. The summed E-state index contributed by atoms with van der Waals surface area (Å²) in [7, 11) is 0. The topological polar surface area (TPSA) is 40.6 Å². The molecule has 3 rings (SSSR count). The van der Waals surface area contributed by atoms with Crippen LogP contribution in [0, 0.1) is 13.8 Å². The first kappa shape index (κ1) is 16.2. The van der Waals surface area contributed by atoms with E-state index in [1.165, 1.54) is 0 Å². The second-order valence-electron chi connectivity index (χ2n) is 6.27. The fourth-order valence-corrected chi connectivity index (χ4v) is 3.22. The zero-order chi connectivity index (χ0) is 17.3. The molecule has 1 aliphatic heterocycles. The van der Waals surface area contributed by atoms with Crippen LogP contribution in [0.5, 0.6) is 0 Å². The van der Waals surface area contributed by atoms with Crippen molar-refractivity contribution in [2.45, 2.75) is 26.8 Å². The van der Waals surface area contributed by atoms with E-state index in [0.717, 1.165) is 16.8 Å². The van der Waals surface area contributed by atoms with Gasteiger partial charge in [-0.1, -0.05) is 36.4 Å². The van der Waals surface area contributed by atoms with Crippen LogP contribution >= 0.6 is 0 Å². The molecule has 24 heavy (non-hydrogen) atoms. The van der Waals surface area contributed by atoms with Crippen molar-refractivity contribution in [2.75, 3.05) is 18.0 Å². The van der Waals surface area contributed by atoms with Crippen molar-refractivity contribution in [3.63, 3.8) is 0 Å². The first-order valence-electron chi connectivity index (χ1n) is 8.24. The van der Waals surface area contributed by atoms with E-state index in [0.29, 0.717) is 18.7 Å². The molecule has 4 nitrogen and oxygen atoms in total. The average Bonchev–Trinajstić information content (AvgIpc) is 2.58. The summed E-state index contributed by atoms with van der Waals surface area (Å²) in [5, 5.41) is 0. The van der Waals surface area contributed by atoms with E-state index in [1.807, 2.05) is 69.3 Å². The molecule has 0 aliphatic carbocycles. The molecule has 1 saturated heterocycles. The van der Waals surface area contributed by atoms with E-state index in [-0.39, 0.29) is 11.8 Å². The third kappa shape index (κ3) is 2.80. The van der Waals surface area contributed by atoms with Crippen LogP contribution in [0.4, 0.5) is 5.69 Å². The minimum Gasteiger partial charge on any atom is -0.325 e. The number of hydrogen-bond acceptors (Lipinski definition) is 2. The van der Waals surface area contributed by atoms with Crippen LogP contribution in [0.15, 0.2) is 48.5 Å². The second-order valence-corrected chi connectivity index (χ2v) is 6.27. The average molecular weight is 322 g/mol. The number of carbonyl (C=O) groups excluding carboxylic acids is 2. The lowest BCUT2D eigenvalue weighted by molar-refractivity contribution is -0.124. The summed E-state index contributed by atoms with van der Waals surface area (Å²) in [5.74, 6) is -0.101. The van der Waals surface area contributed by atoms with Gasteiger partial charge in [-0.25, -0.2) is 0 Å². The number of para-hydroxylation sites is 1. The molecule has 124 valence electrons. The van der Waals surface area contributed by atoms with Gasteiger partial charge in [-0.05, 0) is 44.0 Å². The summed E-state index contributed by atoms with van der Waals surface area (Å²) in [4.78, 5) is 29.2. The van der Waals surface area contributed by atoms with Crippen LogP contribution in [0.25, 0.3) is 0 Å². The standard InChI is InChI=1S/C20H22N2O2/c1-14-8-4-6-10-17(14)20(24)21-12-13-22(19(23)16(21)3)18-11-7-5-9-15(18)2/h4-11,16H,12-13H2,1-3H3. The smallest absolute Gasteiger partial charge is 0.254 e. The SMILES string of the molecule is Cc1ccccc1C(=O)N1CCN(c2ccccc2C)C(=O)C1C. The molecule has 1 heterocycles. The van der Waals surface area contributed by atoms with Crippen molar-refractivity contribution in [3.8, 4) is 0 Å². The lowest BCUT2D eigenvalue weighted by atomic mass is 10.0. The van der Waals surface area contributed by atoms with Gasteiger partial charge in [-0.3, -0.25) is 9.59 Å². The van der Waals surface area contributed by atoms with Gasteiger partial charge < -0.3 is 9.80 Å². The number of hydrogen-bond donors (Lipinski definition) is 0. The number of carbonyl (C=O) groups is 2. The molecule has 4 heteroatoms. The third-order valence-electron chi connectivity index (χ3n) is 4.70. The molecule has 2 aromatic rings. The molecule has 0 bridgehead atoms. The molecule has 0 spiro atoms. The summed E-state index contributed by atoms with van der Waals surface area (Å²) in [6, 6.07) is 14.9. The van der Waals surface area contributed by atoms with Crippen LogP contribution in [0.1, 0.15) is 28.4 Å². The Kier molecular flexibility index (Phi) is 4.38. The minimum absolute atomic E-state index is 0.0301. The fourth-order valence-electron chi connectivity index (χ4n) is 3.22. The molecule has 2 amide bonds. The van der Waals surface area contributed by atoms with Gasteiger partial charge in [-0.2, -0.15) is 0 Å². The lowest BCUT2D eigenvalue weighted by Crippen LogP contribution is -2.58. The molecule has 1 fully saturated rings. The quantitative estimate of drug-likeness (QED) is 0.852. The highest BCUT2D eigenvalue weighted by molar-refractivity contribution is 6.04. The van der Waals surface area contributed by atoms with E-state index in [2.05, 4.69) is 0 Å². The van der Waals surface area contributed by atoms with Gasteiger partial charge in [0, 0.05) is 24.3 Å². The van der Waals surface area contributed by atoms with Crippen LogP contribution in [-0.4, -0.2) is 35.8 Å². The van der Waals surface area contributed by atoms with Crippen LogP contribution in [-0.2, 0) is 4.79 Å². The van der Waals surface area contributed by atoms with Gasteiger partial charge in [0.1, 0.15) is 6.04 Å². The summed E-state index contributed by atoms with van der Waals surface area (Å²) < 4.78 is 0. The van der Waals surface area contributed by atoms with Gasteiger partial charge in [0.15, 0.2) is 0 Å². The Hall–Kier alpha value is -2.62. The van der Waals surface area contributed by atoms with Gasteiger partial charge in [0.05, 0.1) is 0 Å². The Balaban J connectivity index is 1.84. The van der Waals surface area contributed by atoms with Crippen LogP contribution in [0.2, 0.25) is 0 Å². The maximum absolute atomic E-state index is 12.8. The van der Waals surface area contributed by atoms with E-state index in [4.69, 9.17) is 0 Å². The van der Waals surface area contributed by atoms with Crippen molar-refractivity contribution in [3.05, 3.63) is 65.2 Å². The number of benzene rings is 2.